The first-order chi connectivity index (χ1) is 11.0. The zero-order valence-corrected chi connectivity index (χ0v) is 12.8. The van der Waals surface area contributed by atoms with Crippen LogP contribution in [0, 0.1) is 6.07 Å². The molecule has 0 bridgehead atoms. The van der Waals surface area contributed by atoms with Crippen molar-refractivity contribution in [2.75, 3.05) is 6.54 Å². The summed E-state index contributed by atoms with van der Waals surface area (Å²) in [5, 5.41) is 5.73. The second-order valence-corrected chi connectivity index (χ2v) is 5.63. The van der Waals surface area contributed by atoms with Gasteiger partial charge in [0.25, 0.3) is 0 Å². The third-order valence-corrected chi connectivity index (χ3v) is 4.05. The Kier molecular flexibility index (Phi) is 3.98. The standard InChI is InChI=1S/C18H17F3N2/c1-2-3-11-23(12-5-10-22-23)17-7-4-6-14-8-9-15(13-16(14)17)18(19,20)21/h4-7,9-10,12-13H,2-3,11H2,1H3/q+1. The number of unbranched alkanes of at least 4 members (excludes halogenated alkanes) is 1. The molecule has 1 unspecified atom stereocenters. The molecule has 0 spiro atoms. The highest BCUT2D eigenvalue weighted by molar-refractivity contribution is 5.94. The quantitative estimate of drug-likeness (QED) is 0.680. The number of alkyl halides is 3. The summed E-state index contributed by atoms with van der Waals surface area (Å²) in [5.41, 5.74) is 0.0709. The first-order valence-electron chi connectivity index (χ1n) is 7.60. The number of quaternary nitrogens is 1. The molecule has 2 nitrogen and oxygen atoms in total. The average Bonchev–Trinajstić information content (AvgIpc) is 3.01. The predicted molar refractivity (Wildman–Crippen MR) is 87.0 cm³/mol. The number of halogens is 3. The van der Waals surface area contributed by atoms with E-state index in [1.165, 1.54) is 6.07 Å². The van der Waals surface area contributed by atoms with Gasteiger partial charge >= 0.3 is 6.18 Å². The lowest BCUT2D eigenvalue weighted by Crippen LogP contribution is -2.37. The monoisotopic (exact) mass is 318 g/mol. The number of nitrogens with zero attached hydrogens (tertiary/aromatic N) is 2. The molecule has 5 heteroatoms. The van der Waals surface area contributed by atoms with E-state index in [9.17, 15) is 13.2 Å². The number of allylic oxidation sites excluding steroid dienone is 1. The Bertz CT molecular complexity index is 763. The zero-order valence-electron chi connectivity index (χ0n) is 12.8. The maximum atomic E-state index is 13.1. The first kappa shape index (κ1) is 15.7. The molecule has 2 aromatic rings. The van der Waals surface area contributed by atoms with Crippen LogP contribution in [0.25, 0.3) is 10.8 Å². The van der Waals surface area contributed by atoms with Crippen LogP contribution in [0.3, 0.4) is 0 Å². The lowest BCUT2D eigenvalue weighted by atomic mass is 10.0. The minimum Gasteiger partial charge on any atom is -0.166 e. The van der Waals surface area contributed by atoms with Crippen LogP contribution < -0.4 is 4.59 Å². The summed E-state index contributed by atoms with van der Waals surface area (Å²) in [6.45, 7) is 2.80. The van der Waals surface area contributed by atoms with Gasteiger partial charge in [-0.3, -0.25) is 0 Å². The fourth-order valence-electron chi connectivity index (χ4n) is 2.86. The molecule has 23 heavy (non-hydrogen) atoms. The molecule has 0 amide bonds. The molecule has 0 fully saturated rings. The van der Waals surface area contributed by atoms with Gasteiger partial charge in [0.15, 0.2) is 5.69 Å². The largest absolute Gasteiger partial charge is 0.416 e. The minimum atomic E-state index is -4.38. The van der Waals surface area contributed by atoms with Gasteiger partial charge in [-0.05, 0) is 30.0 Å². The zero-order chi connectivity index (χ0) is 16.5. The summed E-state index contributed by atoms with van der Waals surface area (Å²) in [6.07, 6.45) is 3.01. The molecular weight excluding hydrogens is 301 g/mol. The topological polar surface area (TPSA) is 12.4 Å². The van der Waals surface area contributed by atoms with E-state index in [-0.39, 0.29) is 4.59 Å². The van der Waals surface area contributed by atoms with Crippen molar-refractivity contribution < 1.29 is 13.2 Å². The predicted octanol–water partition coefficient (Wildman–Crippen LogP) is 5.28. The summed E-state index contributed by atoms with van der Waals surface area (Å²) >= 11 is 0. The minimum absolute atomic E-state index is 0.209. The average molecular weight is 318 g/mol. The van der Waals surface area contributed by atoms with Crippen molar-refractivity contribution >= 4 is 22.7 Å². The molecule has 1 heterocycles. The van der Waals surface area contributed by atoms with E-state index < -0.39 is 11.7 Å². The van der Waals surface area contributed by atoms with Crippen LogP contribution in [0.2, 0.25) is 0 Å². The highest BCUT2D eigenvalue weighted by Gasteiger charge is 2.34. The molecule has 0 saturated carbocycles. The lowest BCUT2D eigenvalue weighted by Gasteiger charge is -2.26. The summed E-state index contributed by atoms with van der Waals surface area (Å²) < 4.78 is 39.4. The highest BCUT2D eigenvalue weighted by atomic mass is 19.4. The Hall–Kier alpha value is -2.14. The summed E-state index contributed by atoms with van der Waals surface area (Å²) in [6, 6.07) is 10.4. The molecule has 0 N–H and O–H groups in total. The molecule has 119 valence electrons. The Balaban J connectivity index is 2.20. The maximum Gasteiger partial charge on any atom is 0.416 e. The molecular formula is C18H17F3N2+. The Morgan fingerprint density at radius 3 is 2.74 bits per heavy atom. The van der Waals surface area contributed by atoms with E-state index in [0.29, 0.717) is 10.8 Å². The van der Waals surface area contributed by atoms with Crippen LogP contribution in [0.1, 0.15) is 25.3 Å². The SMILES string of the molecule is CCCC[N+]1(c2cccc3[c]cc(C(F)(F)F)cc23)C=CC=N1. The van der Waals surface area contributed by atoms with Crippen molar-refractivity contribution in [3.8, 4) is 0 Å². The van der Waals surface area contributed by atoms with Crippen molar-refractivity contribution in [2.45, 2.75) is 25.9 Å². The van der Waals surface area contributed by atoms with Gasteiger partial charge in [0.2, 0.25) is 0 Å². The molecule has 2 aromatic carbocycles. The van der Waals surface area contributed by atoms with E-state index in [0.717, 1.165) is 31.1 Å². The normalized spacial score (nSPS) is 20.5. The molecule has 0 aromatic heterocycles. The summed E-state index contributed by atoms with van der Waals surface area (Å²) in [7, 11) is 0. The first-order valence-corrected chi connectivity index (χ1v) is 7.60. The Morgan fingerprint density at radius 1 is 1.26 bits per heavy atom. The third-order valence-electron chi connectivity index (χ3n) is 4.05. The fraction of sp³-hybridized carbons (Fsp3) is 0.278. The maximum absolute atomic E-state index is 13.1. The smallest absolute Gasteiger partial charge is 0.166 e. The van der Waals surface area contributed by atoms with E-state index >= 15 is 0 Å². The second-order valence-electron chi connectivity index (χ2n) is 5.63. The number of rotatable bonds is 4. The number of fused-ring (bicyclic) bond motifs is 1. The van der Waals surface area contributed by atoms with Crippen LogP contribution in [0.4, 0.5) is 18.9 Å². The molecule has 0 saturated heterocycles. The van der Waals surface area contributed by atoms with Crippen LogP contribution in [0.15, 0.2) is 47.7 Å². The van der Waals surface area contributed by atoms with E-state index in [1.54, 1.807) is 12.3 Å². The Morgan fingerprint density at radius 2 is 2.09 bits per heavy atom. The van der Waals surface area contributed by atoms with Gasteiger partial charge in [0.05, 0.1) is 11.8 Å². The van der Waals surface area contributed by atoms with Crippen molar-refractivity contribution in [1.82, 2.24) is 4.59 Å². The van der Waals surface area contributed by atoms with Gasteiger partial charge in [0, 0.05) is 17.5 Å². The van der Waals surface area contributed by atoms with Crippen LogP contribution in [-0.2, 0) is 6.18 Å². The lowest BCUT2D eigenvalue weighted by molar-refractivity contribution is -0.137. The second kappa shape index (κ2) is 5.81. The van der Waals surface area contributed by atoms with Gasteiger partial charge in [-0.2, -0.15) is 13.2 Å². The molecule has 0 aliphatic carbocycles. The number of hydrogen-bond acceptors (Lipinski definition) is 1. The molecule has 1 aliphatic rings. The number of hydrogen-bond donors (Lipinski definition) is 0. The number of benzene rings is 2. The van der Waals surface area contributed by atoms with E-state index in [2.05, 4.69) is 18.1 Å². The molecule has 1 atom stereocenters. The van der Waals surface area contributed by atoms with Gasteiger partial charge in [-0.1, -0.05) is 30.6 Å². The van der Waals surface area contributed by atoms with Crippen LogP contribution >= 0.6 is 0 Å². The van der Waals surface area contributed by atoms with Crippen molar-refractivity contribution in [3.63, 3.8) is 0 Å². The van der Waals surface area contributed by atoms with Crippen molar-refractivity contribution in [3.05, 3.63) is 54.2 Å². The fourth-order valence-corrected chi connectivity index (χ4v) is 2.86. The molecule has 1 radical (unpaired) electrons. The van der Waals surface area contributed by atoms with Crippen LogP contribution in [-0.4, -0.2) is 12.8 Å². The van der Waals surface area contributed by atoms with E-state index in [4.69, 9.17) is 0 Å². The molecule has 3 rings (SSSR count). The third kappa shape index (κ3) is 2.88. The Labute approximate surface area is 133 Å². The molecule has 1 aliphatic heterocycles. The van der Waals surface area contributed by atoms with Crippen molar-refractivity contribution in [1.29, 1.82) is 0 Å². The summed E-state index contributed by atoms with van der Waals surface area (Å²) in [5.74, 6) is 0. The van der Waals surface area contributed by atoms with Gasteiger partial charge < -0.3 is 0 Å². The summed E-state index contributed by atoms with van der Waals surface area (Å²) in [4.78, 5) is 0. The van der Waals surface area contributed by atoms with Gasteiger partial charge in [-0.25, -0.2) is 0 Å². The van der Waals surface area contributed by atoms with Crippen molar-refractivity contribution in [2.24, 2.45) is 5.10 Å². The van der Waals surface area contributed by atoms with Crippen LogP contribution in [0.5, 0.6) is 0 Å². The van der Waals surface area contributed by atoms with Gasteiger partial charge in [-0.15, -0.1) is 4.59 Å². The van der Waals surface area contributed by atoms with E-state index in [1.807, 2.05) is 24.4 Å². The highest BCUT2D eigenvalue weighted by Crippen LogP contribution is 2.38. The van der Waals surface area contributed by atoms with Gasteiger partial charge in [0.1, 0.15) is 12.7 Å².